The highest BCUT2D eigenvalue weighted by Gasteiger charge is 2.25. The lowest BCUT2D eigenvalue weighted by molar-refractivity contribution is -0.122. The number of amides is 1. The lowest BCUT2D eigenvalue weighted by Gasteiger charge is -2.34. The third-order valence-corrected chi connectivity index (χ3v) is 4.00. The van der Waals surface area contributed by atoms with Gasteiger partial charge in [0.05, 0.1) is 17.3 Å². The first-order valence-electron chi connectivity index (χ1n) is 6.83. The molecule has 0 saturated carbocycles. The number of anilines is 2. The third kappa shape index (κ3) is 2.15. The topological polar surface area (TPSA) is 85.2 Å². The number of nitrogen functional groups attached to an aromatic ring is 1. The van der Waals surface area contributed by atoms with Gasteiger partial charge in [-0.1, -0.05) is 6.07 Å². The molecule has 2 aromatic rings. The number of benzene rings is 1. The molecule has 1 saturated heterocycles. The molecule has 1 amide bonds. The Labute approximate surface area is 117 Å². The molecule has 1 aromatic carbocycles. The van der Waals surface area contributed by atoms with E-state index in [1.54, 1.807) is 12.4 Å². The highest BCUT2D eigenvalue weighted by Crippen LogP contribution is 2.33. The van der Waals surface area contributed by atoms with E-state index in [1.165, 1.54) is 0 Å². The van der Waals surface area contributed by atoms with Crippen LogP contribution in [0.1, 0.15) is 12.8 Å². The molecule has 1 aliphatic heterocycles. The summed E-state index contributed by atoms with van der Waals surface area (Å²) < 4.78 is 0. The smallest absolute Gasteiger partial charge is 0.222 e. The van der Waals surface area contributed by atoms with Crippen LogP contribution in [-0.2, 0) is 4.79 Å². The number of carbonyl (C=O) groups excluding carboxylic acids is 1. The second kappa shape index (κ2) is 5.00. The Hall–Kier alpha value is -2.30. The summed E-state index contributed by atoms with van der Waals surface area (Å²) in [6, 6.07) is 5.94. The minimum Gasteiger partial charge on any atom is -0.397 e. The Bertz CT molecular complexity index is 655. The minimum absolute atomic E-state index is 0.0868. The second-order valence-corrected chi connectivity index (χ2v) is 5.28. The van der Waals surface area contributed by atoms with Gasteiger partial charge in [0, 0.05) is 36.3 Å². The maximum Gasteiger partial charge on any atom is 0.222 e. The molecule has 0 spiro atoms. The molecule has 0 radical (unpaired) electrons. The van der Waals surface area contributed by atoms with Gasteiger partial charge in [-0.05, 0) is 25.0 Å². The van der Waals surface area contributed by atoms with E-state index >= 15 is 0 Å². The summed E-state index contributed by atoms with van der Waals surface area (Å²) in [6.45, 7) is 1.56. The number of primary amides is 1. The zero-order valence-corrected chi connectivity index (χ0v) is 11.2. The van der Waals surface area contributed by atoms with Gasteiger partial charge in [-0.3, -0.25) is 9.78 Å². The van der Waals surface area contributed by atoms with Crippen LogP contribution >= 0.6 is 0 Å². The third-order valence-electron chi connectivity index (χ3n) is 4.00. The molecule has 1 atom stereocenters. The van der Waals surface area contributed by atoms with E-state index in [2.05, 4.69) is 9.88 Å². The van der Waals surface area contributed by atoms with Crippen molar-refractivity contribution in [2.45, 2.75) is 12.8 Å². The first kappa shape index (κ1) is 12.7. The van der Waals surface area contributed by atoms with Crippen molar-refractivity contribution in [2.75, 3.05) is 23.7 Å². The number of nitrogens with two attached hydrogens (primary N) is 2. The number of hydrogen-bond donors (Lipinski definition) is 2. The van der Waals surface area contributed by atoms with E-state index < -0.39 is 0 Å². The molecule has 0 aliphatic carbocycles. The van der Waals surface area contributed by atoms with Crippen molar-refractivity contribution in [1.29, 1.82) is 0 Å². The van der Waals surface area contributed by atoms with Crippen molar-refractivity contribution in [3.05, 3.63) is 30.6 Å². The summed E-state index contributed by atoms with van der Waals surface area (Å²) in [5.41, 5.74) is 13.4. The van der Waals surface area contributed by atoms with Crippen molar-refractivity contribution in [3.63, 3.8) is 0 Å². The number of nitrogens with zero attached hydrogens (tertiary/aromatic N) is 2. The van der Waals surface area contributed by atoms with Crippen molar-refractivity contribution in [1.82, 2.24) is 4.98 Å². The highest BCUT2D eigenvalue weighted by molar-refractivity contribution is 5.98. The van der Waals surface area contributed by atoms with Crippen LogP contribution in [0.5, 0.6) is 0 Å². The fourth-order valence-corrected chi connectivity index (χ4v) is 2.89. The number of aromatic nitrogens is 1. The summed E-state index contributed by atoms with van der Waals surface area (Å²) in [4.78, 5) is 17.6. The molecule has 20 heavy (non-hydrogen) atoms. The highest BCUT2D eigenvalue weighted by atomic mass is 16.1. The Morgan fingerprint density at radius 2 is 2.20 bits per heavy atom. The standard InChI is InChI=1S/C15H18N4O/c16-14-12-5-6-18-8-10(12)3-4-13(14)19-7-1-2-11(9-19)15(17)20/h3-6,8,11H,1-2,7,9,16H2,(H2,17,20). The van der Waals surface area contributed by atoms with Gasteiger partial charge in [0.15, 0.2) is 0 Å². The van der Waals surface area contributed by atoms with E-state index in [9.17, 15) is 4.79 Å². The van der Waals surface area contributed by atoms with Gasteiger partial charge in [-0.15, -0.1) is 0 Å². The molecule has 1 fully saturated rings. The average molecular weight is 270 g/mol. The monoisotopic (exact) mass is 270 g/mol. The lowest BCUT2D eigenvalue weighted by Crippen LogP contribution is -2.41. The number of carbonyl (C=O) groups is 1. The summed E-state index contributed by atoms with van der Waals surface area (Å²) >= 11 is 0. The molecule has 1 unspecified atom stereocenters. The first-order valence-corrected chi connectivity index (χ1v) is 6.83. The number of rotatable bonds is 2. The molecule has 3 rings (SSSR count). The summed E-state index contributed by atoms with van der Waals surface area (Å²) in [5.74, 6) is -0.311. The molecule has 5 nitrogen and oxygen atoms in total. The zero-order valence-electron chi connectivity index (χ0n) is 11.2. The average Bonchev–Trinajstić information content (AvgIpc) is 2.48. The van der Waals surface area contributed by atoms with Crippen molar-refractivity contribution >= 4 is 28.1 Å². The van der Waals surface area contributed by atoms with Gasteiger partial charge in [0.2, 0.25) is 5.91 Å². The fraction of sp³-hybridized carbons (Fsp3) is 0.333. The molecule has 104 valence electrons. The fourth-order valence-electron chi connectivity index (χ4n) is 2.89. The maximum absolute atomic E-state index is 11.4. The van der Waals surface area contributed by atoms with Gasteiger partial charge in [0.25, 0.3) is 0 Å². The van der Waals surface area contributed by atoms with Crippen molar-refractivity contribution in [2.24, 2.45) is 11.7 Å². The summed E-state index contributed by atoms with van der Waals surface area (Å²) in [6.07, 6.45) is 5.37. The molecule has 2 heterocycles. The molecule has 4 N–H and O–H groups in total. The lowest BCUT2D eigenvalue weighted by atomic mass is 9.96. The predicted molar refractivity (Wildman–Crippen MR) is 80.3 cm³/mol. The number of piperidine rings is 1. The van der Waals surface area contributed by atoms with E-state index in [-0.39, 0.29) is 11.8 Å². The van der Waals surface area contributed by atoms with Crippen molar-refractivity contribution < 1.29 is 4.79 Å². The van der Waals surface area contributed by atoms with Gasteiger partial charge >= 0.3 is 0 Å². The molecule has 1 aliphatic rings. The second-order valence-electron chi connectivity index (χ2n) is 5.28. The number of pyridine rings is 1. The van der Waals surface area contributed by atoms with Crippen LogP contribution in [-0.4, -0.2) is 24.0 Å². The van der Waals surface area contributed by atoms with Gasteiger partial charge in [-0.25, -0.2) is 0 Å². The minimum atomic E-state index is -0.224. The van der Waals surface area contributed by atoms with Crippen molar-refractivity contribution in [3.8, 4) is 0 Å². The molecule has 5 heteroatoms. The van der Waals surface area contributed by atoms with Crippen LogP contribution in [0, 0.1) is 5.92 Å². The van der Waals surface area contributed by atoms with E-state index in [0.717, 1.165) is 41.5 Å². The van der Waals surface area contributed by atoms with Crippen LogP contribution in [0.15, 0.2) is 30.6 Å². The van der Waals surface area contributed by atoms with Gasteiger partial charge in [0.1, 0.15) is 0 Å². The number of fused-ring (bicyclic) bond motifs is 1. The Balaban J connectivity index is 1.97. The van der Waals surface area contributed by atoms with E-state index in [1.807, 2.05) is 18.2 Å². The maximum atomic E-state index is 11.4. The van der Waals surface area contributed by atoms with E-state index in [0.29, 0.717) is 6.54 Å². The molecule has 0 bridgehead atoms. The molecule has 1 aromatic heterocycles. The van der Waals surface area contributed by atoms with Gasteiger partial charge < -0.3 is 16.4 Å². The predicted octanol–water partition coefficient (Wildman–Crippen LogP) is 1.52. The first-order chi connectivity index (χ1) is 9.66. The summed E-state index contributed by atoms with van der Waals surface area (Å²) in [7, 11) is 0. The molecular formula is C15H18N4O. The summed E-state index contributed by atoms with van der Waals surface area (Å²) in [5, 5.41) is 2.02. The van der Waals surface area contributed by atoms with Crippen LogP contribution in [0.4, 0.5) is 11.4 Å². The van der Waals surface area contributed by atoms with Gasteiger partial charge in [-0.2, -0.15) is 0 Å². The number of hydrogen-bond acceptors (Lipinski definition) is 4. The SMILES string of the molecule is NC(=O)C1CCCN(c2ccc3cnccc3c2N)C1. The van der Waals surface area contributed by atoms with Crippen LogP contribution in [0.3, 0.4) is 0 Å². The zero-order chi connectivity index (χ0) is 14.1. The van der Waals surface area contributed by atoms with Crippen LogP contribution in [0.2, 0.25) is 0 Å². The quantitative estimate of drug-likeness (QED) is 0.810. The Morgan fingerprint density at radius 1 is 1.35 bits per heavy atom. The Kier molecular flexibility index (Phi) is 3.18. The largest absolute Gasteiger partial charge is 0.397 e. The Morgan fingerprint density at radius 3 is 3.00 bits per heavy atom. The van der Waals surface area contributed by atoms with E-state index in [4.69, 9.17) is 11.5 Å². The molecular weight excluding hydrogens is 252 g/mol. The normalized spacial score (nSPS) is 19.2. The van der Waals surface area contributed by atoms with Crippen LogP contribution in [0.25, 0.3) is 10.8 Å². The van der Waals surface area contributed by atoms with Crippen LogP contribution < -0.4 is 16.4 Å².